The summed E-state index contributed by atoms with van der Waals surface area (Å²) in [5.41, 5.74) is 1.42. The van der Waals surface area contributed by atoms with E-state index in [1.165, 1.54) is 0 Å². The lowest BCUT2D eigenvalue weighted by atomic mass is 10.2. The van der Waals surface area contributed by atoms with E-state index in [0.717, 1.165) is 30.9 Å². The number of hydrogen-bond donors (Lipinski definition) is 2. The van der Waals surface area contributed by atoms with E-state index in [9.17, 15) is 4.79 Å². The number of benzene rings is 1. The summed E-state index contributed by atoms with van der Waals surface area (Å²) in [5, 5.41) is 10.1. The van der Waals surface area contributed by atoms with Crippen molar-refractivity contribution in [2.75, 3.05) is 25.1 Å². The molecule has 1 saturated heterocycles. The molecule has 3 rings (SSSR count). The highest BCUT2D eigenvalue weighted by atomic mass is 35.5. The average Bonchev–Trinajstić information content (AvgIpc) is 3.18. The highest BCUT2D eigenvalue weighted by Crippen LogP contribution is 2.33. The fourth-order valence-electron chi connectivity index (χ4n) is 2.65. The van der Waals surface area contributed by atoms with Crippen molar-refractivity contribution in [3.63, 3.8) is 0 Å². The summed E-state index contributed by atoms with van der Waals surface area (Å²) in [6.07, 6.45) is 2.43. The third kappa shape index (κ3) is 3.01. The molecule has 2 heterocycles. The lowest BCUT2D eigenvalue weighted by molar-refractivity contribution is 0.0935. The van der Waals surface area contributed by atoms with Gasteiger partial charge in [-0.3, -0.25) is 9.89 Å². The molecule has 22 heavy (non-hydrogen) atoms. The number of methoxy groups -OCH3 is 1. The second-order valence-electron chi connectivity index (χ2n) is 5.19. The van der Waals surface area contributed by atoms with Gasteiger partial charge in [-0.15, -0.1) is 0 Å². The van der Waals surface area contributed by atoms with Crippen molar-refractivity contribution in [2.24, 2.45) is 0 Å². The van der Waals surface area contributed by atoms with Crippen molar-refractivity contribution < 1.29 is 9.53 Å². The summed E-state index contributed by atoms with van der Waals surface area (Å²) in [6, 6.07) is 7.28. The number of aromatic nitrogens is 2. The van der Waals surface area contributed by atoms with Crippen LogP contribution in [0.1, 0.15) is 16.9 Å². The van der Waals surface area contributed by atoms with E-state index in [4.69, 9.17) is 16.3 Å². The maximum Gasteiger partial charge on any atom is 0.269 e. The van der Waals surface area contributed by atoms with Gasteiger partial charge >= 0.3 is 0 Å². The van der Waals surface area contributed by atoms with Crippen LogP contribution < -0.4 is 15.0 Å². The van der Waals surface area contributed by atoms with Gasteiger partial charge < -0.3 is 15.0 Å². The molecular formula is C15H17ClN4O2. The number of amides is 1. The molecule has 1 fully saturated rings. The van der Waals surface area contributed by atoms with Crippen LogP contribution in [0.15, 0.2) is 30.5 Å². The molecule has 1 aromatic carbocycles. The van der Waals surface area contributed by atoms with Gasteiger partial charge in [0.05, 0.1) is 12.8 Å². The molecular weight excluding hydrogens is 304 g/mol. The van der Waals surface area contributed by atoms with E-state index in [2.05, 4.69) is 20.4 Å². The number of carbonyl (C=O) groups excluding carboxylic acids is 1. The summed E-state index contributed by atoms with van der Waals surface area (Å²) in [7, 11) is 1.64. The minimum absolute atomic E-state index is 0.0829. The number of halogens is 1. The molecule has 1 aliphatic rings. The van der Waals surface area contributed by atoms with E-state index < -0.39 is 0 Å². The van der Waals surface area contributed by atoms with Gasteiger partial charge in [-0.1, -0.05) is 11.6 Å². The molecule has 0 spiro atoms. The number of rotatable bonds is 4. The topological polar surface area (TPSA) is 70.2 Å². The minimum atomic E-state index is -0.137. The maximum absolute atomic E-state index is 12.0. The smallest absolute Gasteiger partial charge is 0.269 e. The van der Waals surface area contributed by atoms with E-state index >= 15 is 0 Å². The van der Waals surface area contributed by atoms with E-state index in [1.54, 1.807) is 25.4 Å². The largest absolute Gasteiger partial charge is 0.495 e. The molecule has 1 atom stereocenters. The zero-order chi connectivity index (χ0) is 15.5. The van der Waals surface area contributed by atoms with E-state index in [0.29, 0.717) is 10.7 Å². The van der Waals surface area contributed by atoms with Gasteiger partial charge in [0.1, 0.15) is 11.4 Å². The molecule has 1 aliphatic heterocycles. The monoisotopic (exact) mass is 320 g/mol. The fraction of sp³-hybridized carbons (Fsp3) is 0.333. The third-order valence-corrected chi connectivity index (χ3v) is 3.99. The fourth-order valence-corrected chi connectivity index (χ4v) is 2.82. The number of ether oxygens (including phenoxy) is 1. The Bertz CT molecular complexity index is 660. The quantitative estimate of drug-likeness (QED) is 0.905. The van der Waals surface area contributed by atoms with E-state index in [-0.39, 0.29) is 11.9 Å². The van der Waals surface area contributed by atoms with Gasteiger partial charge in [-0.05, 0) is 30.7 Å². The van der Waals surface area contributed by atoms with Gasteiger partial charge in [0.25, 0.3) is 5.91 Å². The van der Waals surface area contributed by atoms with Crippen LogP contribution in [0.2, 0.25) is 5.02 Å². The molecule has 1 aromatic heterocycles. The molecule has 0 aliphatic carbocycles. The summed E-state index contributed by atoms with van der Waals surface area (Å²) >= 11 is 6.08. The summed E-state index contributed by atoms with van der Waals surface area (Å²) in [6.45, 7) is 1.56. The van der Waals surface area contributed by atoms with Crippen molar-refractivity contribution >= 4 is 23.2 Å². The first-order valence-electron chi connectivity index (χ1n) is 7.06. The first kappa shape index (κ1) is 14.7. The van der Waals surface area contributed by atoms with Gasteiger partial charge in [0.15, 0.2) is 0 Å². The number of carbonyl (C=O) groups is 1. The normalized spacial score (nSPS) is 17.5. The number of nitrogens with zero attached hydrogens (tertiary/aromatic N) is 2. The molecule has 0 bridgehead atoms. The number of hydrogen-bond acceptors (Lipinski definition) is 4. The second-order valence-corrected chi connectivity index (χ2v) is 5.63. The minimum Gasteiger partial charge on any atom is -0.495 e. The van der Waals surface area contributed by atoms with Crippen LogP contribution in [0.4, 0.5) is 5.69 Å². The summed E-state index contributed by atoms with van der Waals surface area (Å²) in [5.74, 6) is 0.646. The lowest BCUT2D eigenvalue weighted by Crippen LogP contribution is -2.37. The summed E-state index contributed by atoms with van der Waals surface area (Å²) in [4.78, 5) is 14.2. The van der Waals surface area contributed by atoms with Crippen LogP contribution in [0.25, 0.3) is 0 Å². The van der Waals surface area contributed by atoms with Crippen LogP contribution in [0, 0.1) is 0 Å². The first-order valence-corrected chi connectivity index (χ1v) is 7.44. The third-order valence-electron chi connectivity index (χ3n) is 3.75. The van der Waals surface area contributed by atoms with Gasteiger partial charge in [-0.2, -0.15) is 5.10 Å². The van der Waals surface area contributed by atoms with E-state index in [1.807, 2.05) is 12.1 Å². The Morgan fingerprint density at radius 3 is 3.09 bits per heavy atom. The Hall–Kier alpha value is -2.21. The Kier molecular flexibility index (Phi) is 4.20. The van der Waals surface area contributed by atoms with Gasteiger partial charge in [-0.25, -0.2) is 0 Å². The molecule has 0 saturated carbocycles. The Labute approximate surface area is 133 Å². The average molecular weight is 321 g/mol. The van der Waals surface area contributed by atoms with Crippen LogP contribution in [0.3, 0.4) is 0 Å². The lowest BCUT2D eigenvalue weighted by Gasteiger charge is -2.21. The van der Waals surface area contributed by atoms with Gasteiger partial charge in [0, 0.05) is 30.4 Å². The van der Waals surface area contributed by atoms with Crippen molar-refractivity contribution in [3.05, 3.63) is 41.2 Å². The van der Waals surface area contributed by atoms with Gasteiger partial charge in [0.2, 0.25) is 0 Å². The van der Waals surface area contributed by atoms with Crippen molar-refractivity contribution in [3.8, 4) is 5.75 Å². The van der Waals surface area contributed by atoms with Crippen LogP contribution in [0.5, 0.6) is 5.75 Å². The highest BCUT2D eigenvalue weighted by Gasteiger charge is 2.26. The molecule has 116 valence electrons. The predicted molar refractivity (Wildman–Crippen MR) is 84.7 cm³/mol. The molecule has 2 N–H and O–H groups in total. The second kappa shape index (κ2) is 6.27. The number of aromatic amines is 1. The standard InChI is InChI=1S/C15H17ClN4O2/c1-22-14-3-2-10(16)8-13(14)20-7-5-11(9-20)18-15(21)12-4-6-17-19-12/h2-4,6,8,11H,5,7,9H2,1H3,(H,17,19)(H,18,21)/t11-/m0/s1. The molecule has 0 radical (unpaired) electrons. The number of nitrogens with one attached hydrogen (secondary N) is 2. The molecule has 1 amide bonds. The first-order chi connectivity index (χ1) is 10.7. The molecule has 6 nitrogen and oxygen atoms in total. The zero-order valence-corrected chi connectivity index (χ0v) is 12.9. The van der Waals surface area contributed by atoms with Crippen LogP contribution in [-0.2, 0) is 0 Å². The molecule has 7 heteroatoms. The Balaban J connectivity index is 1.67. The SMILES string of the molecule is COc1ccc(Cl)cc1N1CC[C@H](NC(=O)c2ccn[nH]2)C1. The Morgan fingerprint density at radius 1 is 1.50 bits per heavy atom. The van der Waals surface area contributed by atoms with Crippen molar-refractivity contribution in [2.45, 2.75) is 12.5 Å². The molecule has 0 unspecified atom stereocenters. The maximum atomic E-state index is 12.0. The van der Waals surface area contributed by atoms with Crippen molar-refractivity contribution in [1.82, 2.24) is 15.5 Å². The van der Waals surface area contributed by atoms with Crippen LogP contribution >= 0.6 is 11.6 Å². The molecule has 2 aromatic rings. The van der Waals surface area contributed by atoms with Crippen molar-refractivity contribution in [1.29, 1.82) is 0 Å². The predicted octanol–water partition coefficient (Wildman–Crippen LogP) is 2.08. The zero-order valence-electron chi connectivity index (χ0n) is 12.2. The number of anilines is 1. The van der Waals surface area contributed by atoms with Crippen LogP contribution in [-0.4, -0.2) is 42.3 Å². The summed E-state index contributed by atoms with van der Waals surface area (Å²) < 4.78 is 5.39. The highest BCUT2D eigenvalue weighted by molar-refractivity contribution is 6.30. The number of H-pyrrole nitrogens is 1. The Morgan fingerprint density at radius 2 is 2.36 bits per heavy atom.